The number of benzene rings is 2. The van der Waals surface area contributed by atoms with E-state index in [0.717, 1.165) is 30.0 Å². The Morgan fingerprint density at radius 1 is 1.04 bits per heavy atom. The van der Waals surface area contributed by atoms with E-state index in [9.17, 15) is 0 Å². The van der Waals surface area contributed by atoms with Crippen molar-refractivity contribution in [2.24, 2.45) is 0 Å². The van der Waals surface area contributed by atoms with E-state index in [0.29, 0.717) is 13.2 Å². The third-order valence-electron chi connectivity index (χ3n) is 4.42. The maximum Gasteiger partial charge on any atom is 0.161 e. The number of rotatable bonds is 8. The number of ether oxygens (including phenoxy) is 2. The van der Waals surface area contributed by atoms with Crippen LogP contribution in [-0.2, 0) is 0 Å². The van der Waals surface area contributed by atoms with Crippen LogP contribution < -0.4 is 15.2 Å². The number of nitrogens with one attached hydrogen (secondary N) is 1. The van der Waals surface area contributed by atoms with E-state index in [4.69, 9.17) is 9.47 Å². The minimum Gasteiger partial charge on any atom is -0.490 e. The van der Waals surface area contributed by atoms with Crippen LogP contribution in [0.5, 0.6) is 11.5 Å². The van der Waals surface area contributed by atoms with Gasteiger partial charge in [0.1, 0.15) is 0 Å². The highest BCUT2D eigenvalue weighted by atomic mass is 16.5. The van der Waals surface area contributed by atoms with Gasteiger partial charge in [0.15, 0.2) is 11.5 Å². The molecule has 3 rings (SSSR count). The normalized spacial score (nSPS) is 12.3. The smallest absolute Gasteiger partial charge is 0.161 e. The highest BCUT2D eigenvalue weighted by Gasteiger charge is 2.20. The molecule has 0 amide bonds. The second-order valence-electron chi connectivity index (χ2n) is 6.12. The van der Waals surface area contributed by atoms with Crippen LogP contribution in [-0.4, -0.2) is 24.7 Å². The van der Waals surface area contributed by atoms with E-state index < -0.39 is 0 Å². The van der Waals surface area contributed by atoms with Crippen molar-refractivity contribution in [1.82, 2.24) is 4.98 Å². The van der Waals surface area contributed by atoms with Gasteiger partial charge < -0.3 is 20.2 Å². The lowest BCUT2D eigenvalue weighted by molar-refractivity contribution is -0.370. The molecule has 4 N–H and O–H groups in total. The van der Waals surface area contributed by atoms with Gasteiger partial charge in [0.2, 0.25) is 0 Å². The Morgan fingerprint density at radius 3 is 2.64 bits per heavy atom. The van der Waals surface area contributed by atoms with Crippen molar-refractivity contribution in [2.45, 2.75) is 26.2 Å². The van der Waals surface area contributed by atoms with E-state index in [2.05, 4.69) is 60.2 Å². The minimum absolute atomic E-state index is 0.218. The molecular weight excluding hydrogens is 312 g/mol. The third-order valence-corrected chi connectivity index (χ3v) is 4.42. The summed E-state index contributed by atoms with van der Waals surface area (Å²) in [7, 11) is 0. The summed E-state index contributed by atoms with van der Waals surface area (Å²) in [6.07, 6.45) is 3.08. The highest BCUT2D eigenvalue weighted by molar-refractivity contribution is 5.84. The molecule has 0 radical (unpaired) electrons. The Labute approximate surface area is 149 Å². The molecule has 1 heterocycles. The van der Waals surface area contributed by atoms with Crippen molar-refractivity contribution in [3.8, 4) is 11.5 Å². The average molecular weight is 339 g/mol. The van der Waals surface area contributed by atoms with Crippen molar-refractivity contribution in [3.63, 3.8) is 0 Å². The standard InChI is InChI=1S/C21H26N2O2/c1-3-11-25-20-10-9-15(12-21(20)24-4-2)17(13-22)18-14-23-19-8-6-5-7-16(18)19/h5-10,12,14,17,23H,3-4,11,13,22H2,1-2H3/p+1/t17-/m1/s1. The Balaban J connectivity index is 1.99. The molecule has 25 heavy (non-hydrogen) atoms. The predicted molar refractivity (Wildman–Crippen MR) is 101 cm³/mol. The summed E-state index contributed by atoms with van der Waals surface area (Å²) in [6.45, 7) is 6.19. The van der Waals surface area contributed by atoms with Gasteiger partial charge in [-0.3, -0.25) is 0 Å². The number of quaternary nitrogens is 1. The van der Waals surface area contributed by atoms with Crippen LogP contribution in [0.25, 0.3) is 10.9 Å². The van der Waals surface area contributed by atoms with E-state index in [1.807, 2.05) is 13.0 Å². The Morgan fingerprint density at radius 2 is 1.88 bits per heavy atom. The van der Waals surface area contributed by atoms with Crippen molar-refractivity contribution in [2.75, 3.05) is 19.8 Å². The van der Waals surface area contributed by atoms with Crippen molar-refractivity contribution in [1.29, 1.82) is 0 Å². The largest absolute Gasteiger partial charge is 0.490 e. The average Bonchev–Trinajstić information content (AvgIpc) is 3.06. The number of para-hydroxylation sites is 1. The molecule has 0 aliphatic rings. The molecule has 0 unspecified atom stereocenters. The molecule has 0 aliphatic heterocycles. The first-order chi connectivity index (χ1) is 12.3. The SMILES string of the molecule is CCCOc1ccc([C@@H](C[NH3+])c2c[nH]c3ccccc23)cc1OCC. The highest BCUT2D eigenvalue weighted by Crippen LogP contribution is 2.35. The van der Waals surface area contributed by atoms with E-state index in [1.54, 1.807) is 0 Å². The quantitative estimate of drug-likeness (QED) is 0.657. The van der Waals surface area contributed by atoms with E-state index in [1.165, 1.54) is 16.5 Å². The summed E-state index contributed by atoms with van der Waals surface area (Å²) in [4.78, 5) is 3.37. The van der Waals surface area contributed by atoms with Crippen LogP contribution in [0.15, 0.2) is 48.7 Å². The zero-order valence-electron chi connectivity index (χ0n) is 15.0. The lowest BCUT2D eigenvalue weighted by Crippen LogP contribution is -2.53. The molecule has 0 fully saturated rings. The molecule has 0 bridgehead atoms. The van der Waals surface area contributed by atoms with Gasteiger partial charge in [0, 0.05) is 17.1 Å². The second kappa shape index (κ2) is 8.08. The van der Waals surface area contributed by atoms with Gasteiger partial charge >= 0.3 is 0 Å². The molecule has 4 heteroatoms. The lowest BCUT2D eigenvalue weighted by atomic mass is 9.91. The predicted octanol–water partition coefficient (Wildman–Crippen LogP) is 3.73. The Hall–Kier alpha value is -2.46. The monoisotopic (exact) mass is 339 g/mol. The topological polar surface area (TPSA) is 61.9 Å². The molecule has 1 aromatic heterocycles. The summed E-state index contributed by atoms with van der Waals surface area (Å²) in [5, 5.41) is 1.25. The van der Waals surface area contributed by atoms with E-state index in [-0.39, 0.29) is 5.92 Å². The molecule has 0 saturated carbocycles. The van der Waals surface area contributed by atoms with Crippen molar-refractivity contribution >= 4 is 10.9 Å². The van der Waals surface area contributed by atoms with Gasteiger partial charge in [-0.1, -0.05) is 31.2 Å². The van der Waals surface area contributed by atoms with Gasteiger partial charge in [-0.05, 0) is 42.7 Å². The second-order valence-corrected chi connectivity index (χ2v) is 6.12. The number of aromatic nitrogens is 1. The Kier molecular flexibility index (Phi) is 5.61. The fraction of sp³-hybridized carbons (Fsp3) is 0.333. The summed E-state index contributed by atoms with van der Waals surface area (Å²) >= 11 is 0. The van der Waals surface area contributed by atoms with Gasteiger partial charge in [-0.15, -0.1) is 0 Å². The van der Waals surface area contributed by atoms with Crippen LogP contribution in [0.1, 0.15) is 37.3 Å². The molecule has 2 aromatic carbocycles. The molecule has 132 valence electrons. The van der Waals surface area contributed by atoms with Crippen LogP contribution in [0.3, 0.4) is 0 Å². The number of H-pyrrole nitrogens is 1. The Bertz CT molecular complexity index is 826. The fourth-order valence-electron chi connectivity index (χ4n) is 3.22. The first-order valence-electron chi connectivity index (χ1n) is 9.03. The zero-order chi connectivity index (χ0) is 17.6. The van der Waals surface area contributed by atoms with Crippen molar-refractivity contribution < 1.29 is 15.2 Å². The maximum atomic E-state index is 5.82. The summed E-state index contributed by atoms with van der Waals surface area (Å²) in [6, 6.07) is 14.6. The molecule has 0 aliphatic carbocycles. The molecule has 3 aromatic rings. The molecule has 0 spiro atoms. The zero-order valence-corrected chi connectivity index (χ0v) is 15.0. The number of hydrogen-bond acceptors (Lipinski definition) is 2. The van der Waals surface area contributed by atoms with Crippen LogP contribution >= 0.6 is 0 Å². The van der Waals surface area contributed by atoms with Gasteiger partial charge in [0.05, 0.1) is 25.7 Å². The van der Waals surface area contributed by atoms with E-state index >= 15 is 0 Å². The van der Waals surface area contributed by atoms with Gasteiger partial charge in [-0.2, -0.15) is 0 Å². The van der Waals surface area contributed by atoms with Crippen LogP contribution in [0, 0.1) is 0 Å². The lowest BCUT2D eigenvalue weighted by Gasteiger charge is -2.17. The molecule has 1 atom stereocenters. The first-order valence-corrected chi connectivity index (χ1v) is 9.03. The minimum atomic E-state index is 0.218. The third kappa shape index (κ3) is 3.64. The van der Waals surface area contributed by atoms with Crippen LogP contribution in [0.4, 0.5) is 0 Å². The number of hydrogen-bond donors (Lipinski definition) is 2. The summed E-state index contributed by atoms with van der Waals surface area (Å²) in [5.74, 6) is 1.84. The first kappa shape index (κ1) is 17.4. The van der Waals surface area contributed by atoms with Gasteiger partial charge in [0.25, 0.3) is 0 Å². The number of aromatic amines is 1. The molecule has 0 saturated heterocycles. The van der Waals surface area contributed by atoms with Gasteiger partial charge in [-0.25, -0.2) is 0 Å². The summed E-state index contributed by atoms with van der Waals surface area (Å²) in [5.41, 5.74) is 7.82. The fourth-order valence-corrected chi connectivity index (χ4v) is 3.22. The number of fused-ring (bicyclic) bond motifs is 1. The maximum absolute atomic E-state index is 5.82. The molecular formula is C21H27N2O2+. The van der Waals surface area contributed by atoms with Crippen LogP contribution in [0.2, 0.25) is 0 Å². The van der Waals surface area contributed by atoms with Crippen molar-refractivity contribution in [3.05, 3.63) is 59.8 Å². The summed E-state index contributed by atoms with van der Waals surface area (Å²) < 4.78 is 11.6. The molecule has 4 nitrogen and oxygen atoms in total.